The summed E-state index contributed by atoms with van der Waals surface area (Å²) >= 11 is 0. The summed E-state index contributed by atoms with van der Waals surface area (Å²) in [6, 6.07) is 11.2. The number of nitrogens with one attached hydrogen (secondary N) is 1. The second kappa shape index (κ2) is 8.30. The van der Waals surface area contributed by atoms with Crippen molar-refractivity contribution in [3.63, 3.8) is 0 Å². The summed E-state index contributed by atoms with van der Waals surface area (Å²) in [4.78, 5) is 14.7. The summed E-state index contributed by atoms with van der Waals surface area (Å²) in [7, 11) is 0. The molecule has 0 spiro atoms. The molecule has 0 radical (unpaired) electrons. The van der Waals surface area contributed by atoms with Gasteiger partial charge < -0.3 is 15.3 Å². The average Bonchev–Trinajstić information content (AvgIpc) is 2.74. The highest BCUT2D eigenvalue weighted by Gasteiger charge is 2.32. The predicted molar refractivity (Wildman–Crippen MR) is 109 cm³/mol. The minimum Gasteiger partial charge on any atom is -0.393 e. The van der Waals surface area contributed by atoms with Gasteiger partial charge in [0.2, 0.25) is 5.91 Å². The first-order chi connectivity index (χ1) is 14.3. The third-order valence-corrected chi connectivity index (χ3v) is 6.12. The van der Waals surface area contributed by atoms with Crippen LogP contribution >= 0.6 is 0 Å². The van der Waals surface area contributed by atoms with Crippen molar-refractivity contribution < 1.29 is 23.1 Å². The summed E-state index contributed by atoms with van der Waals surface area (Å²) in [6.45, 7) is 1.07. The first kappa shape index (κ1) is 20.7. The van der Waals surface area contributed by atoms with E-state index in [0.717, 1.165) is 35.7 Å². The van der Waals surface area contributed by atoms with Crippen molar-refractivity contribution >= 4 is 17.3 Å². The van der Waals surface area contributed by atoms with Gasteiger partial charge in [0.1, 0.15) is 0 Å². The van der Waals surface area contributed by atoms with Gasteiger partial charge in [-0.05, 0) is 61.1 Å². The van der Waals surface area contributed by atoms with Crippen molar-refractivity contribution in [2.45, 2.75) is 44.4 Å². The van der Waals surface area contributed by atoms with E-state index in [-0.39, 0.29) is 17.9 Å². The molecule has 1 aliphatic carbocycles. The lowest BCUT2D eigenvalue weighted by atomic mass is 9.88. The number of carbonyl (C=O) groups is 1. The summed E-state index contributed by atoms with van der Waals surface area (Å²) in [6.07, 6.45) is -1.50. The smallest absolute Gasteiger partial charge is 0.393 e. The van der Waals surface area contributed by atoms with E-state index in [9.17, 15) is 23.1 Å². The Labute approximate surface area is 173 Å². The van der Waals surface area contributed by atoms with Gasteiger partial charge in [-0.15, -0.1) is 0 Å². The number of benzene rings is 2. The molecule has 30 heavy (non-hydrogen) atoms. The maximum Gasteiger partial charge on any atom is 0.416 e. The highest BCUT2D eigenvalue weighted by molar-refractivity contribution is 5.93. The van der Waals surface area contributed by atoms with Gasteiger partial charge in [-0.25, -0.2) is 0 Å². The molecule has 1 aliphatic heterocycles. The normalized spacial score (nSPS) is 20.0. The van der Waals surface area contributed by atoms with Crippen molar-refractivity contribution in [2.24, 2.45) is 5.92 Å². The number of aryl methyl sites for hydroxylation is 1. The van der Waals surface area contributed by atoms with E-state index < -0.39 is 11.7 Å². The quantitative estimate of drug-likeness (QED) is 0.777. The Morgan fingerprint density at radius 2 is 1.80 bits per heavy atom. The van der Waals surface area contributed by atoms with Crippen LogP contribution in [0, 0.1) is 5.92 Å². The van der Waals surface area contributed by atoms with Crippen LogP contribution in [-0.2, 0) is 23.8 Å². The fraction of sp³-hybridized carbons (Fsp3) is 0.435. The molecule has 2 aromatic carbocycles. The first-order valence-corrected chi connectivity index (χ1v) is 10.3. The molecule has 2 aromatic rings. The number of aliphatic hydroxyl groups is 1. The molecule has 1 saturated heterocycles. The van der Waals surface area contributed by atoms with Crippen LogP contribution in [-0.4, -0.2) is 30.2 Å². The van der Waals surface area contributed by atoms with E-state index in [1.54, 1.807) is 6.07 Å². The second-order valence-corrected chi connectivity index (χ2v) is 8.14. The number of fused-ring (bicyclic) bond motifs is 1. The number of hydrogen-bond donors (Lipinski definition) is 2. The van der Waals surface area contributed by atoms with Crippen molar-refractivity contribution in [3.05, 3.63) is 59.2 Å². The van der Waals surface area contributed by atoms with Gasteiger partial charge in [0.05, 0.1) is 11.7 Å². The molecule has 0 aromatic heterocycles. The van der Waals surface area contributed by atoms with Crippen molar-refractivity contribution in [1.29, 1.82) is 0 Å². The van der Waals surface area contributed by atoms with Gasteiger partial charge in [0.15, 0.2) is 0 Å². The number of amides is 1. The van der Waals surface area contributed by atoms with Gasteiger partial charge in [0, 0.05) is 36.8 Å². The SMILES string of the molecule is O=C(Nc1cccc2c1C[C@H](O)CC2)C1CCN(c2cccc(C(F)(F)F)c2)CC1. The summed E-state index contributed by atoms with van der Waals surface area (Å²) < 4.78 is 38.9. The lowest BCUT2D eigenvalue weighted by Crippen LogP contribution is -2.38. The van der Waals surface area contributed by atoms with Crippen LogP contribution in [0.5, 0.6) is 0 Å². The topological polar surface area (TPSA) is 52.6 Å². The molecule has 0 unspecified atom stereocenters. The van der Waals surface area contributed by atoms with Crippen molar-refractivity contribution in [1.82, 2.24) is 0 Å². The van der Waals surface area contributed by atoms with Crippen molar-refractivity contribution in [2.75, 3.05) is 23.3 Å². The summed E-state index contributed by atoms with van der Waals surface area (Å²) in [5.74, 6) is -0.247. The standard InChI is InChI=1S/C23H25F3N2O2/c24-23(25,26)17-4-2-5-18(13-17)28-11-9-16(10-12-28)22(30)27-21-6-1-3-15-7-8-19(29)14-20(15)21/h1-6,13,16,19,29H,7-12,14H2,(H,27,30)/t19-/m1/s1. The van der Waals surface area contributed by atoms with Crippen LogP contribution in [0.2, 0.25) is 0 Å². The third kappa shape index (κ3) is 4.46. The van der Waals surface area contributed by atoms with Crippen LogP contribution in [0.25, 0.3) is 0 Å². The monoisotopic (exact) mass is 418 g/mol. The van der Waals surface area contributed by atoms with E-state index >= 15 is 0 Å². The Kier molecular flexibility index (Phi) is 5.73. The zero-order valence-electron chi connectivity index (χ0n) is 16.6. The van der Waals surface area contributed by atoms with Crippen LogP contribution < -0.4 is 10.2 Å². The Bertz CT molecular complexity index is 921. The predicted octanol–water partition coefficient (Wildman–Crippen LogP) is 4.41. The lowest BCUT2D eigenvalue weighted by molar-refractivity contribution is -0.137. The number of hydrogen-bond acceptors (Lipinski definition) is 3. The molecule has 1 atom stereocenters. The van der Waals surface area contributed by atoms with Crippen LogP contribution in [0.4, 0.5) is 24.5 Å². The molecule has 160 valence electrons. The van der Waals surface area contributed by atoms with Crippen molar-refractivity contribution in [3.8, 4) is 0 Å². The van der Waals surface area contributed by atoms with Gasteiger partial charge >= 0.3 is 6.18 Å². The molecule has 1 amide bonds. The van der Waals surface area contributed by atoms with E-state index in [0.29, 0.717) is 38.0 Å². The number of piperidine rings is 1. The van der Waals surface area contributed by atoms with Gasteiger partial charge in [0.25, 0.3) is 0 Å². The molecule has 4 nitrogen and oxygen atoms in total. The van der Waals surface area contributed by atoms with Crippen LogP contribution in [0.3, 0.4) is 0 Å². The molecule has 0 bridgehead atoms. The minimum absolute atomic E-state index is 0.0628. The van der Waals surface area contributed by atoms with Gasteiger partial charge in [-0.2, -0.15) is 13.2 Å². The largest absolute Gasteiger partial charge is 0.416 e. The Morgan fingerprint density at radius 1 is 1.07 bits per heavy atom. The van der Waals surface area contributed by atoms with Gasteiger partial charge in [-0.3, -0.25) is 4.79 Å². The van der Waals surface area contributed by atoms with E-state index in [1.165, 1.54) is 12.1 Å². The zero-order valence-corrected chi connectivity index (χ0v) is 16.6. The molecule has 0 saturated carbocycles. The maximum atomic E-state index is 13.0. The van der Waals surface area contributed by atoms with E-state index in [2.05, 4.69) is 5.32 Å². The Hall–Kier alpha value is -2.54. The van der Waals surface area contributed by atoms with E-state index in [4.69, 9.17) is 0 Å². The summed E-state index contributed by atoms with van der Waals surface area (Å²) in [5, 5.41) is 13.0. The zero-order chi connectivity index (χ0) is 21.3. The number of aliphatic hydroxyl groups excluding tert-OH is 1. The minimum atomic E-state index is -4.36. The number of rotatable bonds is 3. The molecular weight excluding hydrogens is 393 g/mol. The molecule has 2 aliphatic rings. The summed E-state index contributed by atoms with van der Waals surface area (Å²) in [5.41, 5.74) is 2.81. The third-order valence-electron chi connectivity index (χ3n) is 6.12. The molecule has 4 rings (SSSR count). The molecular formula is C23H25F3N2O2. The Morgan fingerprint density at radius 3 is 2.53 bits per heavy atom. The fourth-order valence-electron chi connectivity index (χ4n) is 4.40. The number of halogens is 3. The molecule has 2 N–H and O–H groups in total. The number of anilines is 2. The Balaban J connectivity index is 1.39. The molecule has 1 fully saturated rings. The number of nitrogens with zero attached hydrogens (tertiary/aromatic N) is 1. The number of alkyl halides is 3. The molecule has 1 heterocycles. The van der Waals surface area contributed by atoms with Crippen LogP contribution in [0.1, 0.15) is 36.0 Å². The van der Waals surface area contributed by atoms with Crippen LogP contribution in [0.15, 0.2) is 42.5 Å². The highest BCUT2D eigenvalue weighted by Crippen LogP contribution is 2.33. The lowest BCUT2D eigenvalue weighted by Gasteiger charge is -2.33. The van der Waals surface area contributed by atoms with Gasteiger partial charge in [-0.1, -0.05) is 18.2 Å². The first-order valence-electron chi connectivity index (χ1n) is 10.3. The number of carbonyl (C=O) groups excluding carboxylic acids is 1. The van der Waals surface area contributed by atoms with E-state index in [1.807, 2.05) is 23.1 Å². The fourth-order valence-corrected chi connectivity index (χ4v) is 4.40. The second-order valence-electron chi connectivity index (χ2n) is 8.14. The maximum absolute atomic E-state index is 13.0. The molecule has 7 heteroatoms. The highest BCUT2D eigenvalue weighted by atomic mass is 19.4. The average molecular weight is 418 g/mol.